The zero-order valence-corrected chi connectivity index (χ0v) is 25.5. The second-order valence-electron chi connectivity index (χ2n) is 11.6. The second kappa shape index (κ2) is 10.7. The monoisotopic (exact) mass is 607 g/mol. The van der Waals surface area contributed by atoms with Gasteiger partial charge in [0.15, 0.2) is 0 Å². The fourth-order valence-electron chi connectivity index (χ4n) is 6.64. The molecule has 0 radical (unpaired) electrons. The summed E-state index contributed by atoms with van der Waals surface area (Å²) in [6, 6.07) is 55.1. The van der Waals surface area contributed by atoms with Crippen molar-refractivity contribution >= 4 is 55.1 Å². The molecule has 0 spiro atoms. The highest BCUT2D eigenvalue weighted by atomic mass is 35.5. The van der Waals surface area contributed by atoms with E-state index in [1.54, 1.807) is 0 Å². The van der Waals surface area contributed by atoms with Crippen LogP contribution in [0.5, 0.6) is 0 Å². The molecule has 0 fully saturated rings. The van der Waals surface area contributed by atoms with E-state index in [0.29, 0.717) is 11.0 Å². The van der Waals surface area contributed by atoms with Crippen LogP contribution in [0.4, 0.5) is 0 Å². The molecule has 0 unspecified atom stereocenters. The molecule has 2 aromatic heterocycles. The molecule has 2 heterocycles. The summed E-state index contributed by atoms with van der Waals surface area (Å²) < 4.78 is 2.16. The average Bonchev–Trinajstić information content (AvgIpc) is 3.42. The van der Waals surface area contributed by atoms with Crippen molar-refractivity contribution in [2.75, 3.05) is 0 Å². The highest BCUT2D eigenvalue weighted by Gasteiger charge is 2.19. The summed E-state index contributed by atoms with van der Waals surface area (Å²) in [5.41, 5.74) is 9.40. The molecule has 0 bridgehead atoms. The molecule has 0 aliphatic rings. The third-order valence-corrected chi connectivity index (χ3v) is 9.04. The van der Waals surface area contributed by atoms with Crippen molar-refractivity contribution < 1.29 is 0 Å². The van der Waals surface area contributed by atoms with Gasteiger partial charge in [-0.2, -0.15) is 0 Å². The lowest BCUT2D eigenvalue weighted by atomic mass is 9.94. The second-order valence-corrected chi connectivity index (χ2v) is 12.1. The molecule has 3 nitrogen and oxygen atoms in total. The van der Waals surface area contributed by atoms with Gasteiger partial charge >= 0.3 is 0 Å². The minimum Gasteiger partial charge on any atom is -0.278 e. The predicted molar refractivity (Wildman–Crippen MR) is 193 cm³/mol. The third-order valence-electron chi connectivity index (χ3n) is 8.81. The van der Waals surface area contributed by atoms with Crippen LogP contribution in [0, 0.1) is 0 Å². The average molecular weight is 608 g/mol. The van der Waals surface area contributed by atoms with Gasteiger partial charge in [0.25, 0.3) is 0 Å². The van der Waals surface area contributed by atoms with E-state index in [9.17, 15) is 0 Å². The van der Waals surface area contributed by atoms with Crippen LogP contribution in [-0.4, -0.2) is 14.5 Å². The van der Waals surface area contributed by atoms with Gasteiger partial charge in [-0.3, -0.25) is 4.57 Å². The van der Waals surface area contributed by atoms with Crippen LogP contribution >= 0.6 is 11.6 Å². The van der Waals surface area contributed by atoms with Gasteiger partial charge in [0.1, 0.15) is 0 Å². The number of fused-ring (bicyclic) bond motifs is 5. The van der Waals surface area contributed by atoms with Gasteiger partial charge in [-0.05, 0) is 81.6 Å². The van der Waals surface area contributed by atoms with Crippen molar-refractivity contribution in [2.45, 2.75) is 0 Å². The number of halogens is 1. The fourth-order valence-corrected chi connectivity index (χ4v) is 6.80. The van der Waals surface area contributed by atoms with Crippen molar-refractivity contribution in [3.8, 4) is 39.5 Å². The SMILES string of the molecule is Clc1ccc2c3cc4ccccc4cc3n(-c3nc(-c4cc(-c5ccccc5)cc(-c5ccccc5)c4)c4ccccc4n3)c2c1. The van der Waals surface area contributed by atoms with Crippen LogP contribution in [-0.2, 0) is 0 Å². The zero-order valence-electron chi connectivity index (χ0n) is 24.7. The van der Waals surface area contributed by atoms with E-state index in [1.807, 2.05) is 18.2 Å². The minimum atomic E-state index is 0.609. The Kier molecular flexibility index (Phi) is 6.19. The number of hydrogen-bond donors (Lipinski definition) is 0. The Bertz CT molecular complexity index is 2530. The number of benzene rings is 7. The van der Waals surface area contributed by atoms with E-state index in [2.05, 4.69) is 144 Å². The molecule has 0 aliphatic heterocycles. The Morgan fingerprint density at radius 1 is 0.413 bits per heavy atom. The maximum Gasteiger partial charge on any atom is 0.235 e. The number of rotatable bonds is 4. The van der Waals surface area contributed by atoms with Crippen LogP contribution in [0.1, 0.15) is 0 Å². The normalized spacial score (nSPS) is 11.6. The first-order valence-corrected chi connectivity index (χ1v) is 15.7. The van der Waals surface area contributed by atoms with Gasteiger partial charge in [-0.15, -0.1) is 0 Å². The Morgan fingerprint density at radius 3 is 1.72 bits per heavy atom. The Balaban J connectivity index is 1.36. The summed E-state index contributed by atoms with van der Waals surface area (Å²) in [7, 11) is 0. The first kappa shape index (κ1) is 26.6. The van der Waals surface area contributed by atoms with Crippen molar-refractivity contribution in [3.63, 3.8) is 0 Å². The number of aromatic nitrogens is 3. The Hall–Kier alpha value is -5.77. The summed E-state index contributed by atoms with van der Waals surface area (Å²) in [6.07, 6.45) is 0. The van der Waals surface area contributed by atoms with E-state index in [0.717, 1.165) is 71.6 Å². The number of nitrogens with zero attached hydrogens (tertiary/aromatic N) is 3. The topological polar surface area (TPSA) is 30.7 Å². The summed E-state index contributed by atoms with van der Waals surface area (Å²) in [5.74, 6) is 0.609. The Labute approximate surface area is 271 Å². The largest absolute Gasteiger partial charge is 0.278 e. The fraction of sp³-hybridized carbons (Fsp3) is 0. The van der Waals surface area contributed by atoms with Crippen LogP contribution < -0.4 is 0 Å². The van der Waals surface area contributed by atoms with Crippen LogP contribution in [0.2, 0.25) is 5.02 Å². The summed E-state index contributed by atoms with van der Waals surface area (Å²) in [6.45, 7) is 0. The van der Waals surface area contributed by atoms with Crippen LogP contribution in [0.3, 0.4) is 0 Å². The smallest absolute Gasteiger partial charge is 0.235 e. The molecule has 46 heavy (non-hydrogen) atoms. The summed E-state index contributed by atoms with van der Waals surface area (Å²) >= 11 is 6.63. The van der Waals surface area contributed by atoms with Crippen LogP contribution in [0.25, 0.3) is 82.9 Å². The number of para-hydroxylation sites is 1. The highest BCUT2D eigenvalue weighted by Crippen LogP contribution is 2.38. The van der Waals surface area contributed by atoms with E-state index < -0.39 is 0 Å². The molecular weight excluding hydrogens is 582 g/mol. The maximum atomic E-state index is 6.63. The lowest BCUT2D eigenvalue weighted by molar-refractivity contribution is 1.01. The minimum absolute atomic E-state index is 0.609. The molecular formula is C42H26ClN3. The van der Waals surface area contributed by atoms with Gasteiger partial charge in [0, 0.05) is 26.7 Å². The molecule has 0 amide bonds. The van der Waals surface area contributed by atoms with Gasteiger partial charge in [0.2, 0.25) is 5.95 Å². The molecule has 0 N–H and O–H groups in total. The van der Waals surface area contributed by atoms with Crippen molar-refractivity contribution in [1.29, 1.82) is 0 Å². The van der Waals surface area contributed by atoms with Gasteiger partial charge in [-0.25, -0.2) is 9.97 Å². The van der Waals surface area contributed by atoms with E-state index in [4.69, 9.17) is 21.6 Å². The van der Waals surface area contributed by atoms with E-state index >= 15 is 0 Å². The van der Waals surface area contributed by atoms with Gasteiger partial charge in [0.05, 0.1) is 22.2 Å². The summed E-state index contributed by atoms with van der Waals surface area (Å²) in [5, 5.41) is 6.27. The van der Waals surface area contributed by atoms with Gasteiger partial charge < -0.3 is 0 Å². The molecule has 0 saturated carbocycles. The van der Waals surface area contributed by atoms with Crippen molar-refractivity contribution in [1.82, 2.24) is 14.5 Å². The number of hydrogen-bond acceptors (Lipinski definition) is 2. The van der Waals surface area contributed by atoms with E-state index in [1.165, 1.54) is 5.39 Å². The molecule has 0 saturated heterocycles. The first-order valence-electron chi connectivity index (χ1n) is 15.4. The molecule has 9 aromatic rings. The van der Waals surface area contributed by atoms with Crippen molar-refractivity contribution in [3.05, 3.63) is 163 Å². The summed E-state index contributed by atoms with van der Waals surface area (Å²) in [4.78, 5) is 10.6. The standard InChI is InChI=1S/C42H26ClN3/c43-34-19-20-35-37-24-29-15-7-8-16-30(29)25-39(37)46(40(35)26-34)42-44-38-18-10-9-17-36(38)41(45-42)33-22-31(27-11-3-1-4-12-27)21-32(23-33)28-13-5-2-6-14-28/h1-26H. The quantitative estimate of drug-likeness (QED) is 0.199. The molecule has 7 aromatic carbocycles. The maximum absolute atomic E-state index is 6.63. The molecule has 0 aliphatic carbocycles. The third kappa shape index (κ3) is 4.44. The Morgan fingerprint density at radius 2 is 1.00 bits per heavy atom. The lowest BCUT2D eigenvalue weighted by Gasteiger charge is -2.14. The van der Waals surface area contributed by atoms with Gasteiger partial charge in [-0.1, -0.05) is 121 Å². The molecule has 4 heteroatoms. The molecule has 0 atom stereocenters. The molecule has 216 valence electrons. The lowest BCUT2D eigenvalue weighted by Crippen LogP contribution is -2.03. The first-order chi connectivity index (χ1) is 22.7. The highest BCUT2D eigenvalue weighted by molar-refractivity contribution is 6.31. The predicted octanol–water partition coefficient (Wildman–Crippen LogP) is 11.5. The molecule has 9 rings (SSSR count). The zero-order chi connectivity index (χ0) is 30.6. The van der Waals surface area contributed by atoms with Crippen molar-refractivity contribution in [2.24, 2.45) is 0 Å². The van der Waals surface area contributed by atoms with Crippen LogP contribution in [0.15, 0.2) is 158 Å². The van der Waals surface area contributed by atoms with E-state index in [-0.39, 0.29) is 0 Å².